The van der Waals surface area contributed by atoms with Gasteiger partial charge in [0.15, 0.2) is 23.0 Å². The molecule has 9 rings (SSSR count). The zero-order chi connectivity index (χ0) is 53.1. The second-order valence-corrected chi connectivity index (χ2v) is 19.6. The fourth-order valence-corrected chi connectivity index (χ4v) is 8.85. The standard InChI is InChI=1S/C31H39N9O4.C20H26N8O3/c1-31(2,3)21-8-12-23(13-9-21)34-30(43)35-24-5-4-14-40(19-24)29-36-27(25(26(32)41)37-38-29)33-22-10-6-20(7-11-22)28(42)39-15-17-44-18-16-39;21-14-2-1-7-28(12-14)20-24-18(16(17(22)29)25-26-20)23-15-5-3-13(4-6-15)19(30)27-8-10-31-11-9-27/h6-13,24H,4-5,14-19H2,1-3H3,(H2,32,41)(H,33,36,38)(H2,34,35,43);3-6,14H,1-2,7-12,21H2,(H2,22,29)(H,23,24,26)/t24-;14-/m11/s1. The number of hydrogen-bond acceptors (Lipinski definition) is 18. The van der Waals surface area contributed by atoms with Gasteiger partial charge >= 0.3 is 6.03 Å². The molecule has 0 unspecified atom stereocenters. The van der Waals surface area contributed by atoms with Gasteiger partial charge in [-0.2, -0.15) is 9.97 Å². The first-order valence-electron chi connectivity index (χ1n) is 25.1. The van der Waals surface area contributed by atoms with Crippen LogP contribution in [-0.2, 0) is 14.9 Å². The van der Waals surface area contributed by atoms with Crippen molar-refractivity contribution in [3.8, 4) is 0 Å². The number of benzene rings is 3. The number of carbonyl (C=O) groups excluding carboxylic acids is 5. The van der Waals surface area contributed by atoms with E-state index in [-0.39, 0.29) is 58.4 Å². The molecule has 0 bridgehead atoms. The third kappa shape index (κ3) is 14.2. The van der Waals surface area contributed by atoms with Crippen LogP contribution in [0.5, 0.6) is 0 Å². The maximum absolute atomic E-state index is 12.8. The van der Waals surface area contributed by atoms with Crippen LogP contribution in [0.3, 0.4) is 0 Å². The number of ether oxygens (including phenoxy) is 2. The van der Waals surface area contributed by atoms with Crippen molar-refractivity contribution in [2.45, 2.75) is 64.0 Å². The number of nitrogens with one attached hydrogen (secondary N) is 4. The monoisotopic (exact) mass is 1030 g/mol. The van der Waals surface area contributed by atoms with Crippen molar-refractivity contribution in [1.29, 1.82) is 0 Å². The number of anilines is 7. The molecule has 6 amide bonds. The summed E-state index contributed by atoms with van der Waals surface area (Å²) in [6.07, 6.45) is 3.47. The predicted molar refractivity (Wildman–Crippen MR) is 282 cm³/mol. The zero-order valence-electron chi connectivity index (χ0n) is 42.5. The van der Waals surface area contributed by atoms with E-state index < -0.39 is 11.8 Å². The molecule has 24 heteroatoms. The fraction of sp³-hybridized carbons (Fsp3) is 0.431. The topological polar surface area (TPSA) is 320 Å². The Hall–Kier alpha value is -8.09. The van der Waals surface area contributed by atoms with Gasteiger partial charge in [0.2, 0.25) is 11.9 Å². The molecule has 0 radical (unpaired) electrons. The van der Waals surface area contributed by atoms with Crippen molar-refractivity contribution in [3.05, 3.63) is 101 Å². The van der Waals surface area contributed by atoms with Crippen molar-refractivity contribution >= 4 is 70.3 Å². The molecule has 2 atom stereocenters. The number of amides is 6. The predicted octanol–water partition coefficient (Wildman–Crippen LogP) is 3.39. The zero-order valence-corrected chi connectivity index (χ0v) is 42.5. The summed E-state index contributed by atoms with van der Waals surface area (Å²) in [7, 11) is 0. The highest BCUT2D eigenvalue weighted by Crippen LogP contribution is 2.26. The molecule has 396 valence electrons. The van der Waals surface area contributed by atoms with Gasteiger partial charge < -0.3 is 67.5 Å². The van der Waals surface area contributed by atoms with Gasteiger partial charge in [0.05, 0.1) is 26.4 Å². The summed E-state index contributed by atoms with van der Waals surface area (Å²) in [6.45, 7) is 13.4. The summed E-state index contributed by atoms with van der Waals surface area (Å²) in [5, 5.41) is 28.4. The van der Waals surface area contributed by atoms with Crippen LogP contribution in [0.15, 0.2) is 72.8 Å². The van der Waals surface area contributed by atoms with E-state index in [1.54, 1.807) is 58.3 Å². The van der Waals surface area contributed by atoms with Crippen LogP contribution >= 0.6 is 0 Å². The Labute approximate surface area is 434 Å². The third-order valence-electron chi connectivity index (χ3n) is 13.0. The molecular formula is C51H65N17O7. The van der Waals surface area contributed by atoms with Crippen LogP contribution in [0, 0.1) is 0 Å². The molecule has 24 nitrogen and oxygen atoms in total. The first-order valence-corrected chi connectivity index (χ1v) is 25.1. The summed E-state index contributed by atoms with van der Waals surface area (Å²) in [4.78, 5) is 78.5. The average Bonchev–Trinajstić information content (AvgIpc) is 3.41. The summed E-state index contributed by atoms with van der Waals surface area (Å²) >= 11 is 0. The van der Waals surface area contributed by atoms with E-state index in [1.807, 2.05) is 34.1 Å². The maximum Gasteiger partial charge on any atom is 0.319 e. The van der Waals surface area contributed by atoms with Gasteiger partial charge in [0.1, 0.15) is 0 Å². The average molecular weight is 1030 g/mol. The number of piperidine rings is 2. The number of aromatic nitrogens is 6. The lowest BCUT2D eigenvalue weighted by atomic mass is 9.87. The largest absolute Gasteiger partial charge is 0.378 e. The second kappa shape index (κ2) is 24.3. The molecule has 0 spiro atoms. The number of nitrogens with two attached hydrogens (primary N) is 3. The minimum atomic E-state index is -0.774. The Morgan fingerprint density at radius 2 is 1.01 bits per heavy atom. The number of nitrogens with zero attached hydrogens (tertiary/aromatic N) is 10. The molecule has 4 aliphatic heterocycles. The van der Waals surface area contributed by atoms with Gasteiger partial charge in [0.25, 0.3) is 23.6 Å². The van der Waals surface area contributed by atoms with E-state index in [0.29, 0.717) is 112 Å². The number of morpholine rings is 2. The van der Waals surface area contributed by atoms with Crippen LogP contribution in [0.25, 0.3) is 0 Å². The molecule has 6 heterocycles. The summed E-state index contributed by atoms with van der Waals surface area (Å²) < 4.78 is 10.6. The Morgan fingerprint density at radius 3 is 1.45 bits per heavy atom. The smallest absolute Gasteiger partial charge is 0.319 e. The number of carbonyl (C=O) groups is 5. The van der Waals surface area contributed by atoms with Crippen LogP contribution in [0.2, 0.25) is 0 Å². The Bertz CT molecular complexity index is 2800. The molecule has 4 aliphatic rings. The maximum atomic E-state index is 12.8. The highest BCUT2D eigenvalue weighted by atomic mass is 16.5. The number of primary amides is 2. The second-order valence-electron chi connectivity index (χ2n) is 19.6. The molecular weight excluding hydrogens is 963 g/mol. The van der Waals surface area contributed by atoms with E-state index in [0.717, 1.165) is 32.2 Å². The van der Waals surface area contributed by atoms with Crippen LogP contribution in [0.4, 0.5) is 45.4 Å². The van der Waals surface area contributed by atoms with E-state index in [1.165, 1.54) is 5.56 Å². The molecule has 75 heavy (non-hydrogen) atoms. The van der Waals surface area contributed by atoms with E-state index in [4.69, 9.17) is 26.7 Å². The molecule has 5 aromatic rings. The minimum Gasteiger partial charge on any atom is -0.378 e. The molecule has 10 N–H and O–H groups in total. The summed E-state index contributed by atoms with van der Waals surface area (Å²) in [5.74, 6) is -0.551. The van der Waals surface area contributed by atoms with Crippen molar-refractivity contribution in [2.24, 2.45) is 17.2 Å². The van der Waals surface area contributed by atoms with Crippen molar-refractivity contribution in [2.75, 3.05) is 105 Å². The molecule has 3 aromatic carbocycles. The van der Waals surface area contributed by atoms with Gasteiger partial charge in [0, 0.05) is 92.6 Å². The quantitative estimate of drug-likeness (QED) is 0.0942. The van der Waals surface area contributed by atoms with E-state index in [9.17, 15) is 24.0 Å². The highest BCUT2D eigenvalue weighted by Gasteiger charge is 2.27. The van der Waals surface area contributed by atoms with Gasteiger partial charge in [-0.25, -0.2) is 4.79 Å². The number of hydrogen-bond donors (Lipinski definition) is 7. The van der Waals surface area contributed by atoms with Crippen LogP contribution in [0.1, 0.15) is 93.7 Å². The normalized spacial score (nSPS) is 18.0. The Balaban J connectivity index is 0.000000211. The van der Waals surface area contributed by atoms with Crippen molar-refractivity contribution < 1.29 is 33.4 Å². The molecule has 0 aliphatic carbocycles. The number of rotatable bonds is 12. The first kappa shape index (κ1) is 53.2. The highest BCUT2D eigenvalue weighted by molar-refractivity contribution is 5.98. The Kier molecular flexibility index (Phi) is 17.2. The lowest BCUT2D eigenvalue weighted by Crippen LogP contribution is -2.49. The lowest BCUT2D eigenvalue weighted by Gasteiger charge is -2.33. The molecule has 2 aromatic heterocycles. The van der Waals surface area contributed by atoms with Gasteiger partial charge in [-0.3, -0.25) is 19.2 Å². The van der Waals surface area contributed by atoms with Gasteiger partial charge in [-0.15, -0.1) is 20.4 Å². The number of urea groups is 1. The summed E-state index contributed by atoms with van der Waals surface area (Å²) in [5.41, 5.74) is 21.2. The molecule has 4 fully saturated rings. The molecule has 0 saturated carbocycles. The van der Waals surface area contributed by atoms with Crippen molar-refractivity contribution in [1.82, 2.24) is 45.5 Å². The first-order chi connectivity index (χ1) is 36.1. The third-order valence-corrected chi connectivity index (χ3v) is 13.0. The van der Waals surface area contributed by atoms with E-state index in [2.05, 4.69) is 72.4 Å². The van der Waals surface area contributed by atoms with E-state index >= 15 is 0 Å². The fourth-order valence-electron chi connectivity index (χ4n) is 8.85. The SMILES string of the molecule is CC(C)(C)c1ccc(NC(=O)N[C@@H]2CCCN(c3nnc(C(N)=O)c(Nc4ccc(C(=O)N5CCOCC5)cc4)n3)C2)cc1.NC(=O)c1nnc(N2CCC[C@@H](N)C2)nc1Nc1ccc(C(=O)N2CCOCC2)cc1. The summed E-state index contributed by atoms with van der Waals surface area (Å²) in [6, 6.07) is 21.3. The van der Waals surface area contributed by atoms with Gasteiger partial charge in [-0.1, -0.05) is 32.9 Å². The minimum absolute atomic E-state index is 0.0302. The Morgan fingerprint density at radius 1 is 0.573 bits per heavy atom. The molecule has 4 saturated heterocycles. The van der Waals surface area contributed by atoms with Crippen LogP contribution < -0.4 is 48.3 Å². The lowest BCUT2D eigenvalue weighted by molar-refractivity contribution is 0.0301. The van der Waals surface area contributed by atoms with Crippen molar-refractivity contribution in [3.63, 3.8) is 0 Å². The van der Waals surface area contributed by atoms with Gasteiger partial charge in [-0.05, 0) is 97.3 Å². The van der Waals surface area contributed by atoms with Crippen LogP contribution in [-0.4, -0.2) is 161 Å².